The van der Waals surface area contributed by atoms with Crippen LogP contribution in [0, 0.1) is 6.92 Å². The maximum atomic E-state index is 12.9. The quantitative estimate of drug-likeness (QED) is 0.107. The molecule has 13 heteroatoms. The molecule has 0 N–H and O–H groups in total. The van der Waals surface area contributed by atoms with Gasteiger partial charge in [-0.15, -0.1) is 11.3 Å². The van der Waals surface area contributed by atoms with E-state index in [1.165, 1.54) is 17.0 Å². The molecule has 3 heterocycles. The third-order valence-electron chi connectivity index (χ3n) is 8.40. The lowest BCUT2D eigenvalue weighted by molar-refractivity contribution is -0.198. The number of amides is 1. The molecule has 1 fully saturated rings. The molecule has 54 heavy (non-hydrogen) atoms. The molecular weight excluding hydrogens is 727 g/mol. The van der Waals surface area contributed by atoms with E-state index in [1.54, 1.807) is 42.8 Å². The lowest BCUT2D eigenvalue weighted by Gasteiger charge is -2.27. The summed E-state index contributed by atoms with van der Waals surface area (Å²) in [6, 6.07) is 24.0. The minimum atomic E-state index is -3.98. The first-order valence-electron chi connectivity index (χ1n) is 17.8. The van der Waals surface area contributed by atoms with Gasteiger partial charge >= 0.3 is 6.09 Å². The molecule has 1 saturated heterocycles. The summed E-state index contributed by atoms with van der Waals surface area (Å²) in [6.07, 6.45) is 6.73. The average molecular weight is 772 g/mol. The van der Waals surface area contributed by atoms with E-state index in [9.17, 15) is 13.2 Å². The fourth-order valence-corrected chi connectivity index (χ4v) is 7.39. The molecule has 0 saturated carbocycles. The van der Waals surface area contributed by atoms with Crippen LogP contribution in [-0.2, 0) is 28.5 Å². The minimum absolute atomic E-state index is 0.0682. The van der Waals surface area contributed by atoms with Gasteiger partial charge in [0.2, 0.25) is 0 Å². The van der Waals surface area contributed by atoms with Crippen LogP contribution in [0.3, 0.4) is 0 Å². The second kappa shape index (κ2) is 17.2. The molecule has 2 aromatic heterocycles. The summed E-state index contributed by atoms with van der Waals surface area (Å²) >= 11 is 1.55. The molecule has 284 valence electrons. The van der Waals surface area contributed by atoms with Crippen LogP contribution in [0.15, 0.2) is 90.0 Å². The maximum absolute atomic E-state index is 12.9. The molecule has 3 aromatic carbocycles. The monoisotopic (exact) mass is 771 g/mol. The molecule has 0 radical (unpaired) electrons. The zero-order valence-corrected chi connectivity index (χ0v) is 32.7. The van der Waals surface area contributed by atoms with Gasteiger partial charge in [0.1, 0.15) is 34.9 Å². The first-order chi connectivity index (χ1) is 25.8. The molecule has 0 spiro atoms. The van der Waals surface area contributed by atoms with Gasteiger partial charge in [-0.3, -0.25) is 9.08 Å². The van der Waals surface area contributed by atoms with Crippen molar-refractivity contribution in [1.29, 1.82) is 0 Å². The van der Waals surface area contributed by atoms with Crippen molar-refractivity contribution in [3.05, 3.63) is 102 Å². The Kier molecular flexibility index (Phi) is 12.4. The smallest absolute Gasteiger partial charge is 0.415 e. The SMILES string of the molecule is Cc1ccc(S(=O)(=O)OCC(COc2ccc3nc(-c4ccc(/C=C/c5ccc(N(C)C(=O)OC(C)(C)C)nc5)cc4)sc3c2)OC2CCCCO2)cc1. The van der Waals surface area contributed by atoms with Crippen molar-refractivity contribution in [3.8, 4) is 16.3 Å². The number of aryl methyl sites for hydroxylation is 1. The molecule has 5 aromatic rings. The lowest BCUT2D eigenvalue weighted by Crippen LogP contribution is -2.35. The van der Waals surface area contributed by atoms with Gasteiger partial charge < -0.3 is 18.9 Å². The number of nitrogens with zero attached hydrogens (tertiary/aromatic N) is 3. The summed E-state index contributed by atoms with van der Waals surface area (Å²) in [7, 11) is -2.35. The van der Waals surface area contributed by atoms with Gasteiger partial charge in [-0.05, 0) is 101 Å². The molecule has 2 atom stereocenters. The number of pyridine rings is 1. The lowest BCUT2D eigenvalue weighted by atomic mass is 10.1. The number of rotatable bonds is 13. The van der Waals surface area contributed by atoms with Crippen molar-refractivity contribution in [3.63, 3.8) is 0 Å². The van der Waals surface area contributed by atoms with Crippen molar-refractivity contribution in [2.24, 2.45) is 0 Å². The van der Waals surface area contributed by atoms with Gasteiger partial charge in [-0.25, -0.2) is 14.8 Å². The van der Waals surface area contributed by atoms with E-state index >= 15 is 0 Å². The van der Waals surface area contributed by atoms with Gasteiger partial charge in [0.25, 0.3) is 10.1 Å². The number of hydrogen-bond acceptors (Lipinski definition) is 11. The van der Waals surface area contributed by atoms with Gasteiger partial charge in [0.05, 0.1) is 21.7 Å². The summed E-state index contributed by atoms with van der Waals surface area (Å²) in [5, 5.41) is 0.872. The van der Waals surface area contributed by atoms with Crippen LogP contribution in [-0.4, -0.2) is 69.3 Å². The van der Waals surface area contributed by atoms with E-state index < -0.39 is 34.2 Å². The number of ether oxygens (including phenoxy) is 4. The number of fused-ring (bicyclic) bond motifs is 1. The second-order valence-electron chi connectivity index (χ2n) is 14.0. The Bertz CT molecular complexity index is 2160. The van der Waals surface area contributed by atoms with Gasteiger partial charge in [-0.1, -0.05) is 54.1 Å². The summed E-state index contributed by atoms with van der Waals surface area (Å²) in [6.45, 7) is 7.81. The van der Waals surface area contributed by atoms with Crippen molar-refractivity contribution in [2.45, 2.75) is 69.8 Å². The molecule has 0 aliphatic carbocycles. The number of hydrogen-bond donors (Lipinski definition) is 0. The van der Waals surface area contributed by atoms with E-state index in [-0.39, 0.29) is 18.1 Å². The fourth-order valence-electron chi connectivity index (χ4n) is 5.45. The van der Waals surface area contributed by atoms with Crippen molar-refractivity contribution < 1.29 is 36.3 Å². The van der Waals surface area contributed by atoms with Crippen LogP contribution < -0.4 is 9.64 Å². The molecule has 1 aliphatic heterocycles. The fraction of sp³-hybridized carbons (Fsp3) is 0.341. The topological polar surface area (TPSA) is 126 Å². The third-order valence-corrected chi connectivity index (χ3v) is 10.8. The van der Waals surface area contributed by atoms with Crippen LogP contribution in [0.2, 0.25) is 0 Å². The molecule has 1 aliphatic rings. The Balaban J connectivity index is 1.07. The number of carbonyl (C=O) groups excluding carboxylic acids is 1. The van der Waals surface area contributed by atoms with Crippen molar-refractivity contribution in [2.75, 3.05) is 31.8 Å². The van der Waals surface area contributed by atoms with E-state index in [2.05, 4.69) is 4.98 Å². The van der Waals surface area contributed by atoms with Crippen LogP contribution in [0.25, 0.3) is 32.9 Å². The molecule has 6 rings (SSSR count). The number of thiazole rings is 1. The Labute approximate surface area is 320 Å². The van der Waals surface area contributed by atoms with Crippen molar-refractivity contribution in [1.82, 2.24) is 9.97 Å². The minimum Gasteiger partial charge on any atom is -0.491 e. The van der Waals surface area contributed by atoms with Gasteiger partial charge in [-0.2, -0.15) is 8.42 Å². The number of aromatic nitrogens is 2. The van der Waals surface area contributed by atoms with Crippen LogP contribution in [0.5, 0.6) is 5.75 Å². The Morgan fingerprint density at radius 2 is 1.72 bits per heavy atom. The summed E-state index contributed by atoms with van der Waals surface area (Å²) in [5.74, 6) is 1.11. The largest absolute Gasteiger partial charge is 0.491 e. The summed E-state index contributed by atoms with van der Waals surface area (Å²) in [5.41, 5.74) is 4.10. The standard InChI is InChI=1S/C41H45N3O8S2/c1-28-9-19-34(20-10-28)54(46,47)50-27-33(51-38-8-6-7-23-48-38)26-49-32-18-21-35-36(24-32)53-39(43-35)31-16-13-29(14-17-31)11-12-30-15-22-37(42-25-30)44(5)40(45)52-41(2,3)4/h9-22,24-25,33,38H,6-8,23,26-27H2,1-5H3/b12-11+. The predicted molar refractivity (Wildman–Crippen MR) is 211 cm³/mol. The van der Waals surface area contributed by atoms with Crippen molar-refractivity contribution >= 4 is 55.7 Å². The number of carbonyl (C=O) groups is 1. The number of benzene rings is 3. The highest BCUT2D eigenvalue weighted by molar-refractivity contribution is 7.86. The van der Waals surface area contributed by atoms with Gasteiger partial charge in [0, 0.05) is 25.4 Å². The Morgan fingerprint density at radius 3 is 2.41 bits per heavy atom. The highest BCUT2D eigenvalue weighted by Gasteiger charge is 2.25. The first-order valence-corrected chi connectivity index (χ1v) is 20.0. The van der Waals surface area contributed by atoms with Gasteiger partial charge in [0.15, 0.2) is 6.29 Å². The van der Waals surface area contributed by atoms with Crippen LogP contribution in [0.1, 0.15) is 56.7 Å². The van der Waals surface area contributed by atoms with E-state index in [4.69, 9.17) is 28.1 Å². The van der Waals surface area contributed by atoms with E-state index in [1.807, 2.05) is 88.4 Å². The predicted octanol–water partition coefficient (Wildman–Crippen LogP) is 8.90. The first kappa shape index (κ1) is 39.0. The van der Waals surface area contributed by atoms with E-state index in [0.717, 1.165) is 56.7 Å². The third kappa shape index (κ3) is 10.7. The highest BCUT2D eigenvalue weighted by Crippen LogP contribution is 2.33. The second-order valence-corrected chi connectivity index (χ2v) is 16.7. The highest BCUT2D eigenvalue weighted by atomic mass is 32.2. The zero-order chi connectivity index (χ0) is 38.3. The average Bonchev–Trinajstić information content (AvgIpc) is 3.59. The molecule has 2 unspecified atom stereocenters. The van der Waals surface area contributed by atoms with E-state index in [0.29, 0.717) is 18.2 Å². The summed E-state index contributed by atoms with van der Waals surface area (Å²) < 4.78 is 55.6. The normalized spacial score (nSPS) is 15.7. The maximum Gasteiger partial charge on any atom is 0.415 e. The Hall–Kier alpha value is -4.66. The molecular formula is C41H45N3O8S2. The van der Waals surface area contributed by atoms with Crippen LogP contribution in [0.4, 0.5) is 10.6 Å². The van der Waals surface area contributed by atoms with Crippen LogP contribution >= 0.6 is 11.3 Å². The number of anilines is 1. The Morgan fingerprint density at radius 1 is 0.981 bits per heavy atom. The molecule has 11 nitrogen and oxygen atoms in total. The molecule has 0 bridgehead atoms. The molecule has 1 amide bonds. The summed E-state index contributed by atoms with van der Waals surface area (Å²) in [4.78, 5) is 23.1. The zero-order valence-electron chi connectivity index (χ0n) is 31.1.